The summed E-state index contributed by atoms with van der Waals surface area (Å²) >= 11 is 3.32. The van der Waals surface area contributed by atoms with Crippen molar-refractivity contribution in [2.45, 2.75) is 20.5 Å². The first-order chi connectivity index (χ1) is 9.47. The fraction of sp³-hybridized carbons (Fsp3) is 0.214. The molecule has 0 saturated carbocycles. The van der Waals surface area contributed by atoms with Crippen molar-refractivity contribution in [2.24, 2.45) is 0 Å². The number of nitro groups is 1. The molecule has 0 N–H and O–H groups in total. The van der Waals surface area contributed by atoms with Gasteiger partial charge in [0.1, 0.15) is 12.4 Å². The molecule has 0 saturated heterocycles. The van der Waals surface area contributed by atoms with Crippen LogP contribution < -0.4 is 4.74 Å². The van der Waals surface area contributed by atoms with Crippen LogP contribution in [-0.4, -0.2) is 9.91 Å². The van der Waals surface area contributed by atoms with E-state index in [1.165, 1.54) is 6.07 Å². The summed E-state index contributed by atoms with van der Waals surface area (Å²) in [5, 5.41) is 10.8. The van der Waals surface area contributed by atoms with Gasteiger partial charge in [-0.3, -0.25) is 15.1 Å². The lowest BCUT2D eigenvalue weighted by atomic mass is 10.1. The molecule has 104 valence electrons. The molecule has 2 rings (SSSR count). The molecule has 0 aliphatic carbocycles. The molecule has 0 aliphatic rings. The molecule has 0 radical (unpaired) electrons. The van der Waals surface area contributed by atoms with Crippen LogP contribution in [0.2, 0.25) is 0 Å². The number of halogens is 1. The zero-order chi connectivity index (χ0) is 14.7. The molecule has 2 aromatic rings. The molecule has 0 aliphatic heterocycles. The van der Waals surface area contributed by atoms with Crippen LogP contribution in [0.5, 0.6) is 5.75 Å². The van der Waals surface area contributed by atoms with E-state index in [-0.39, 0.29) is 10.6 Å². The standard InChI is InChI=1S/C14H13BrN2O3/c1-9-6-14(10(2)5-13(9)17(18)19)20-8-12-4-3-11(15)7-16-12/h3-7H,8H2,1-2H3. The van der Waals surface area contributed by atoms with Crippen LogP contribution in [0.3, 0.4) is 0 Å². The van der Waals surface area contributed by atoms with Crippen LogP contribution in [-0.2, 0) is 6.61 Å². The second-order valence-electron chi connectivity index (χ2n) is 4.42. The van der Waals surface area contributed by atoms with Gasteiger partial charge in [-0.2, -0.15) is 0 Å². The summed E-state index contributed by atoms with van der Waals surface area (Å²) in [4.78, 5) is 14.7. The number of benzene rings is 1. The SMILES string of the molecule is Cc1cc([N+](=O)[O-])c(C)cc1OCc1ccc(Br)cn1. The van der Waals surface area contributed by atoms with Gasteiger partial charge < -0.3 is 4.74 Å². The zero-order valence-electron chi connectivity index (χ0n) is 11.1. The van der Waals surface area contributed by atoms with E-state index in [0.717, 1.165) is 15.7 Å². The first kappa shape index (κ1) is 14.5. The quantitative estimate of drug-likeness (QED) is 0.626. The second kappa shape index (κ2) is 6.00. The lowest BCUT2D eigenvalue weighted by Gasteiger charge is -2.10. The molecule has 0 atom stereocenters. The summed E-state index contributed by atoms with van der Waals surface area (Å²) in [5.74, 6) is 0.637. The van der Waals surface area contributed by atoms with Crippen molar-refractivity contribution in [3.63, 3.8) is 0 Å². The van der Waals surface area contributed by atoms with Crippen molar-refractivity contribution < 1.29 is 9.66 Å². The Kier molecular flexibility index (Phi) is 4.34. The number of ether oxygens (including phenoxy) is 1. The fourth-order valence-electron chi connectivity index (χ4n) is 1.77. The maximum Gasteiger partial charge on any atom is 0.272 e. The lowest BCUT2D eigenvalue weighted by molar-refractivity contribution is -0.385. The molecule has 6 heteroatoms. The zero-order valence-corrected chi connectivity index (χ0v) is 12.7. The summed E-state index contributed by atoms with van der Waals surface area (Å²) in [6.45, 7) is 3.81. The normalized spacial score (nSPS) is 10.3. The minimum absolute atomic E-state index is 0.108. The Balaban J connectivity index is 2.16. The average Bonchev–Trinajstić information content (AvgIpc) is 2.41. The minimum atomic E-state index is -0.387. The summed E-state index contributed by atoms with van der Waals surface area (Å²) < 4.78 is 6.58. The Morgan fingerprint density at radius 2 is 2.05 bits per heavy atom. The van der Waals surface area contributed by atoms with E-state index in [4.69, 9.17) is 4.74 Å². The highest BCUT2D eigenvalue weighted by Crippen LogP contribution is 2.28. The van der Waals surface area contributed by atoms with Crippen LogP contribution >= 0.6 is 15.9 Å². The Morgan fingerprint density at radius 3 is 2.65 bits per heavy atom. The van der Waals surface area contributed by atoms with Gasteiger partial charge in [0, 0.05) is 22.3 Å². The number of aryl methyl sites for hydroxylation is 2. The number of pyridine rings is 1. The Bertz CT molecular complexity index is 642. The fourth-order valence-corrected chi connectivity index (χ4v) is 2.00. The Labute approximate surface area is 124 Å². The lowest BCUT2D eigenvalue weighted by Crippen LogP contribution is -2.01. The molecular formula is C14H13BrN2O3. The number of rotatable bonds is 4. The first-order valence-corrected chi connectivity index (χ1v) is 6.75. The highest BCUT2D eigenvalue weighted by Gasteiger charge is 2.14. The van der Waals surface area contributed by atoms with Gasteiger partial charge in [0.2, 0.25) is 0 Å². The third-order valence-electron chi connectivity index (χ3n) is 2.85. The van der Waals surface area contributed by atoms with Crippen LogP contribution in [0.25, 0.3) is 0 Å². The topological polar surface area (TPSA) is 65.3 Å². The number of aromatic nitrogens is 1. The maximum atomic E-state index is 10.8. The molecule has 0 spiro atoms. The van der Waals surface area contributed by atoms with Gasteiger partial charge in [0.25, 0.3) is 5.69 Å². The van der Waals surface area contributed by atoms with Crippen molar-refractivity contribution in [3.8, 4) is 5.75 Å². The number of nitrogens with zero attached hydrogens (tertiary/aromatic N) is 2. The van der Waals surface area contributed by atoms with Crippen molar-refractivity contribution in [1.82, 2.24) is 4.98 Å². The first-order valence-electron chi connectivity index (χ1n) is 5.96. The van der Waals surface area contributed by atoms with Gasteiger partial charge in [-0.05, 0) is 53.5 Å². The van der Waals surface area contributed by atoms with Gasteiger partial charge >= 0.3 is 0 Å². The van der Waals surface area contributed by atoms with Gasteiger partial charge in [-0.1, -0.05) is 0 Å². The predicted octanol–water partition coefficient (Wildman–Crippen LogP) is 3.95. The molecule has 0 fully saturated rings. The van der Waals surface area contributed by atoms with Crippen LogP contribution in [0.1, 0.15) is 16.8 Å². The Morgan fingerprint density at radius 1 is 1.30 bits per heavy atom. The molecule has 1 aromatic heterocycles. The molecule has 0 unspecified atom stereocenters. The van der Waals surface area contributed by atoms with Gasteiger partial charge in [-0.25, -0.2) is 0 Å². The molecular weight excluding hydrogens is 324 g/mol. The molecule has 20 heavy (non-hydrogen) atoms. The van der Waals surface area contributed by atoms with Gasteiger partial charge in [0.15, 0.2) is 0 Å². The van der Waals surface area contributed by atoms with E-state index >= 15 is 0 Å². The molecule has 0 bridgehead atoms. The van der Waals surface area contributed by atoms with E-state index in [1.54, 1.807) is 26.1 Å². The Hall–Kier alpha value is -1.95. The monoisotopic (exact) mass is 336 g/mol. The van der Waals surface area contributed by atoms with Gasteiger partial charge in [-0.15, -0.1) is 0 Å². The highest BCUT2D eigenvalue weighted by atomic mass is 79.9. The van der Waals surface area contributed by atoms with Crippen molar-refractivity contribution in [1.29, 1.82) is 0 Å². The molecule has 5 nitrogen and oxygen atoms in total. The van der Waals surface area contributed by atoms with Crippen LogP contribution in [0, 0.1) is 24.0 Å². The minimum Gasteiger partial charge on any atom is -0.487 e. The van der Waals surface area contributed by atoms with Crippen molar-refractivity contribution >= 4 is 21.6 Å². The predicted molar refractivity (Wildman–Crippen MR) is 78.8 cm³/mol. The molecule has 0 amide bonds. The second-order valence-corrected chi connectivity index (χ2v) is 5.33. The van der Waals surface area contributed by atoms with E-state index < -0.39 is 0 Å². The largest absolute Gasteiger partial charge is 0.487 e. The average molecular weight is 337 g/mol. The van der Waals surface area contributed by atoms with E-state index in [1.807, 2.05) is 12.1 Å². The van der Waals surface area contributed by atoms with Gasteiger partial charge in [0.05, 0.1) is 10.6 Å². The van der Waals surface area contributed by atoms with Crippen LogP contribution in [0.15, 0.2) is 34.9 Å². The highest BCUT2D eigenvalue weighted by molar-refractivity contribution is 9.10. The van der Waals surface area contributed by atoms with Crippen molar-refractivity contribution in [3.05, 3.63) is 61.9 Å². The number of hydrogen-bond acceptors (Lipinski definition) is 4. The maximum absolute atomic E-state index is 10.8. The summed E-state index contributed by atoms with van der Waals surface area (Å²) in [6.07, 6.45) is 1.70. The summed E-state index contributed by atoms with van der Waals surface area (Å²) in [6, 6.07) is 6.96. The molecule has 1 heterocycles. The van der Waals surface area contributed by atoms with E-state index in [2.05, 4.69) is 20.9 Å². The number of nitro benzene ring substituents is 1. The number of hydrogen-bond donors (Lipinski definition) is 0. The summed E-state index contributed by atoms with van der Waals surface area (Å²) in [7, 11) is 0. The van der Waals surface area contributed by atoms with E-state index in [0.29, 0.717) is 17.9 Å². The summed E-state index contributed by atoms with van der Waals surface area (Å²) in [5.41, 5.74) is 2.22. The third kappa shape index (κ3) is 3.33. The third-order valence-corrected chi connectivity index (χ3v) is 3.32. The van der Waals surface area contributed by atoms with E-state index in [9.17, 15) is 10.1 Å². The van der Waals surface area contributed by atoms with Crippen LogP contribution in [0.4, 0.5) is 5.69 Å². The molecule has 1 aromatic carbocycles. The smallest absolute Gasteiger partial charge is 0.272 e. The van der Waals surface area contributed by atoms with Crippen molar-refractivity contribution in [2.75, 3.05) is 0 Å².